The van der Waals surface area contributed by atoms with Crippen LogP contribution in [0.3, 0.4) is 0 Å². The Morgan fingerprint density at radius 2 is 1.71 bits per heavy atom. The van der Waals surface area contributed by atoms with Gasteiger partial charge in [0.05, 0.1) is 0 Å². The van der Waals surface area contributed by atoms with Gasteiger partial charge in [-0.3, -0.25) is 0 Å². The lowest BCUT2D eigenvalue weighted by atomic mass is 10.0. The van der Waals surface area contributed by atoms with Crippen LogP contribution < -0.4 is 0 Å². The molecule has 1 N–H and O–H groups in total. The van der Waals surface area contributed by atoms with Crippen molar-refractivity contribution in [1.82, 2.24) is 4.90 Å². The van der Waals surface area contributed by atoms with Crippen molar-refractivity contribution in [2.45, 2.75) is 25.7 Å². The average molecular weight is 195 g/mol. The lowest BCUT2D eigenvalue weighted by molar-refractivity contribution is 0.0484. The number of rotatable bonds is 3. The van der Waals surface area contributed by atoms with Gasteiger partial charge in [-0.05, 0) is 30.6 Å². The molecule has 3 fully saturated rings. The largest absolute Gasteiger partial charge is 0.396 e. The van der Waals surface area contributed by atoms with E-state index in [1.54, 1.807) is 0 Å². The molecule has 1 aliphatic heterocycles. The Balaban J connectivity index is 1.43. The van der Waals surface area contributed by atoms with E-state index in [1.807, 2.05) is 0 Å². The molecule has 2 aliphatic carbocycles. The average Bonchev–Trinajstić information content (AvgIpc) is 2.85. The van der Waals surface area contributed by atoms with E-state index in [0.717, 1.165) is 30.8 Å². The molecule has 2 heteroatoms. The fraction of sp³-hybridized carbons (Fsp3) is 1.00. The zero-order valence-corrected chi connectivity index (χ0v) is 8.86. The highest BCUT2D eigenvalue weighted by Crippen LogP contribution is 2.55. The van der Waals surface area contributed by atoms with Crippen LogP contribution in [0.5, 0.6) is 0 Å². The summed E-state index contributed by atoms with van der Waals surface area (Å²) in [6, 6.07) is 0. The highest BCUT2D eigenvalue weighted by molar-refractivity contribution is 5.01. The molecule has 80 valence electrons. The normalized spacial score (nSPS) is 43.1. The van der Waals surface area contributed by atoms with Crippen LogP contribution in [0, 0.1) is 23.7 Å². The Hall–Kier alpha value is -0.0800. The van der Waals surface area contributed by atoms with Crippen LogP contribution in [0.15, 0.2) is 0 Å². The maximum atomic E-state index is 8.93. The summed E-state index contributed by atoms with van der Waals surface area (Å²) in [5.41, 5.74) is 0. The number of nitrogens with zero attached hydrogens (tertiary/aromatic N) is 1. The third-order valence-electron chi connectivity index (χ3n) is 4.59. The van der Waals surface area contributed by atoms with Crippen molar-refractivity contribution in [1.29, 1.82) is 0 Å². The van der Waals surface area contributed by atoms with Gasteiger partial charge in [0.1, 0.15) is 0 Å². The smallest absolute Gasteiger partial charge is 0.0483 e. The molecule has 1 saturated heterocycles. The first-order chi connectivity index (χ1) is 6.88. The van der Waals surface area contributed by atoms with Gasteiger partial charge in [0.2, 0.25) is 0 Å². The van der Waals surface area contributed by atoms with Crippen molar-refractivity contribution in [2.75, 3.05) is 26.2 Å². The Morgan fingerprint density at radius 3 is 2.29 bits per heavy atom. The number of fused-ring (bicyclic) bond motifs is 1. The number of hydrogen-bond donors (Lipinski definition) is 1. The van der Waals surface area contributed by atoms with E-state index < -0.39 is 0 Å². The summed E-state index contributed by atoms with van der Waals surface area (Å²) in [6.07, 6.45) is 5.98. The van der Waals surface area contributed by atoms with Crippen LogP contribution in [0.2, 0.25) is 0 Å². The fourth-order valence-corrected chi connectivity index (χ4v) is 3.65. The third-order valence-corrected chi connectivity index (χ3v) is 4.59. The molecular weight excluding hydrogens is 174 g/mol. The maximum absolute atomic E-state index is 8.93. The SMILES string of the molecule is OCC1CN(CC2C3CCCCC32)C1. The molecule has 3 rings (SSSR count). The molecule has 2 atom stereocenters. The Bertz CT molecular complexity index is 200. The summed E-state index contributed by atoms with van der Waals surface area (Å²) in [4.78, 5) is 2.55. The van der Waals surface area contributed by atoms with Crippen molar-refractivity contribution in [2.24, 2.45) is 23.7 Å². The van der Waals surface area contributed by atoms with Gasteiger partial charge in [-0.1, -0.05) is 12.8 Å². The van der Waals surface area contributed by atoms with Crippen LogP contribution >= 0.6 is 0 Å². The second-order valence-corrected chi connectivity index (χ2v) is 5.54. The first-order valence-electron chi connectivity index (χ1n) is 6.21. The van der Waals surface area contributed by atoms with Gasteiger partial charge in [-0.15, -0.1) is 0 Å². The minimum absolute atomic E-state index is 0.397. The Morgan fingerprint density at radius 1 is 1.07 bits per heavy atom. The zero-order chi connectivity index (χ0) is 9.54. The highest BCUT2D eigenvalue weighted by atomic mass is 16.3. The van der Waals surface area contributed by atoms with E-state index in [9.17, 15) is 0 Å². The summed E-state index contributed by atoms with van der Waals surface area (Å²) in [6.45, 7) is 4.05. The van der Waals surface area contributed by atoms with Crippen molar-refractivity contribution in [3.63, 3.8) is 0 Å². The van der Waals surface area contributed by atoms with Crippen LogP contribution in [0.1, 0.15) is 25.7 Å². The molecule has 1 heterocycles. The molecule has 0 spiro atoms. The van der Waals surface area contributed by atoms with Crippen molar-refractivity contribution >= 4 is 0 Å². The monoisotopic (exact) mass is 195 g/mol. The van der Waals surface area contributed by atoms with E-state index in [4.69, 9.17) is 5.11 Å². The predicted molar refractivity (Wildman–Crippen MR) is 56.0 cm³/mol. The first-order valence-corrected chi connectivity index (χ1v) is 6.21. The van der Waals surface area contributed by atoms with Gasteiger partial charge in [0.25, 0.3) is 0 Å². The molecule has 0 aromatic heterocycles. The van der Waals surface area contributed by atoms with E-state index in [1.165, 1.54) is 32.2 Å². The van der Waals surface area contributed by atoms with E-state index >= 15 is 0 Å². The minimum atomic E-state index is 0.397. The second kappa shape index (κ2) is 3.49. The van der Waals surface area contributed by atoms with Crippen LogP contribution in [-0.4, -0.2) is 36.2 Å². The number of aliphatic hydroxyl groups is 1. The maximum Gasteiger partial charge on any atom is 0.0483 e. The standard InChI is InChI=1S/C12H21NO/c14-8-9-5-13(6-9)7-12-10-3-1-2-4-11(10)12/h9-12,14H,1-8H2. The topological polar surface area (TPSA) is 23.5 Å². The second-order valence-electron chi connectivity index (χ2n) is 5.54. The number of hydrogen-bond acceptors (Lipinski definition) is 2. The summed E-state index contributed by atoms with van der Waals surface area (Å²) in [5.74, 6) is 3.82. The van der Waals surface area contributed by atoms with Crippen LogP contribution in [-0.2, 0) is 0 Å². The molecule has 0 aromatic carbocycles. The third kappa shape index (κ3) is 1.49. The first kappa shape index (κ1) is 9.17. The lowest BCUT2D eigenvalue weighted by Gasteiger charge is -2.38. The van der Waals surface area contributed by atoms with Gasteiger partial charge >= 0.3 is 0 Å². The molecule has 2 saturated carbocycles. The molecule has 0 aromatic rings. The molecule has 2 unspecified atom stereocenters. The van der Waals surface area contributed by atoms with Gasteiger partial charge in [0, 0.05) is 32.2 Å². The van der Waals surface area contributed by atoms with Crippen molar-refractivity contribution < 1.29 is 5.11 Å². The highest BCUT2D eigenvalue weighted by Gasteiger charge is 2.51. The van der Waals surface area contributed by atoms with Crippen LogP contribution in [0.4, 0.5) is 0 Å². The predicted octanol–water partition coefficient (Wildman–Crippen LogP) is 1.35. The summed E-state index contributed by atoms with van der Waals surface area (Å²) < 4.78 is 0. The number of aliphatic hydroxyl groups excluding tert-OH is 1. The molecule has 0 radical (unpaired) electrons. The Labute approximate surface area is 86.3 Å². The lowest BCUT2D eigenvalue weighted by Crippen LogP contribution is -2.49. The van der Waals surface area contributed by atoms with E-state index in [0.29, 0.717) is 12.5 Å². The van der Waals surface area contributed by atoms with Gasteiger partial charge in [0.15, 0.2) is 0 Å². The van der Waals surface area contributed by atoms with Gasteiger partial charge in [-0.25, -0.2) is 0 Å². The fourth-order valence-electron chi connectivity index (χ4n) is 3.65. The van der Waals surface area contributed by atoms with Crippen LogP contribution in [0.25, 0.3) is 0 Å². The minimum Gasteiger partial charge on any atom is -0.396 e. The molecule has 14 heavy (non-hydrogen) atoms. The summed E-state index contributed by atoms with van der Waals surface area (Å²) >= 11 is 0. The molecule has 2 nitrogen and oxygen atoms in total. The van der Waals surface area contributed by atoms with Crippen molar-refractivity contribution in [3.05, 3.63) is 0 Å². The summed E-state index contributed by atoms with van der Waals surface area (Å²) in [7, 11) is 0. The molecular formula is C12H21NO. The van der Waals surface area contributed by atoms with Gasteiger partial charge < -0.3 is 10.0 Å². The van der Waals surface area contributed by atoms with Gasteiger partial charge in [-0.2, -0.15) is 0 Å². The quantitative estimate of drug-likeness (QED) is 0.734. The zero-order valence-electron chi connectivity index (χ0n) is 8.86. The van der Waals surface area contributed by atoms with E-state index in [2.05, 4.69) is 4.90 Å². The molecule has 0 bridgehead atoms. The summed E-state index contributed by atoms with van der Waals surface area (Å²) in [5, 5.41) is 8.93. The molecule has 3 aliphatic rings. The van der Waals surface area contributed by atoms with E-state index in [-0.39, 0.29) is 0 Å². The number of likely N-dealkylation sites (tertiary alicyclic amines) is 1. The molecule has 0 amide bonds. The Kier molecular flexibility index (Phi) is 2.29. The van der Waals surface area contributed by atoms with Crippen molar-refractivity contribution in [3.8, 4) is 0 Å².